The molecule has 1 aromatic rings. The molecule has 1 aromatic heterocycles. The lowest BCUT2D eigenvalue weighted by atomic mass is 9.78. The third-order valence-corrected chi connectivity index (χ3v) is 4.92. The number of hydrogen-bond acceptors (Lipinski definition) is 6. The maximum Gasteiger partial charge on any atom is 0.327 e. The first-order chi connectivity index (χ1) is 11.0. The molecule has 0 unspecified atom stereocenters. The average Bonchev–Trinajstić information content (AvgIpc) is 3.22. The van der Waals surface area contributed by atoms with Gasteiger partial charge in [0.05, 0.1) is 30.7 Å². The van der Waals surface area contributed by atoms with Crippen LogP contribution in [0.15, 0.2) is 22.8 Å². The standard InChI is InChI=1S/C16H20N2O5/c1-4-16(15(21)22-5-2)11-10(13(19)18(3)14(11)20)12(17-16)9-7-6-8-23-9/h6-8,10-12,17H,4-5H2,1-3H3/t10-,11-,12-,16-/m0/s1. The number of carbonyl (C=O) groups excluding carboxylic acids is 3. The highest BCUT2D eigenvalue weighted by Gasteiger charge is 2.68. The number of ether oxygens (including phenoxy) is 1. The molecule has 7 nitrogen and oxygen atoms in total. The lowest BCUT2D eigenvalue weighted by Crippen LogP contribution is -2.55. The van der Waals surface area contributed by atoms with Crippen LogP contribution in [-0.4, -0.2) is 41.9 Å². The molecular weight excluding hydrogens is 300 g/mol. The molecule has 2 aliphatic rings. The van der Waals surface area contributed by atoms with Crippen LogP contribution >= 0.6 is 0 Å². The number of likely N-dealkylation sites (tertiary alicyclic amines) is 1. The Hall–Kier alpha value is -2.15. The maximum absolute atomic E-state index is 12.6. The van der Waals surface area contributed by atoms with Gasteiger partial charge in [-0.3, -0.25) is 24.6 Å². The van der Waals surface area contributed by atoms with E-state index in [9.17, 15) is 14.4 Å². The molecule has 1 N–H and O–H groups in total. The van der Waals surface area contributed by atoms with Crippen molar-refractivity contribution in [3.63, 3.8) is 0 Å². The third kappa shape index (κ3) is 2.03. The number of esters is 1. The second kappa shape index (κ2) is 5.49. The molecule has 3 heterocycles. The van der Waals surface area contributed by atoms with Crippen LogP contribution in [0.4, 0.5) is 0 Å². The van der Waals surface area contributed by atoms with Gasteiger partial charge in [-0.2, -0.15) is 0 Å². The Kier molecular flexibility index (Phi) is 3.75. The Labute approximate surface area is 134 Å². The first-order valence-corrected chi connectivity index (χ1v) is 7.77. The number of nitrogens with zero attached hydrogens (tertiary/aromatic N) is 1. The maximum atomic E-state index is 12.6. The fourth-order valence-corrected chi connectivity index (χ4v) is 3.77. The highest BCUT2D eigenvalue weighted by molar-refractivity contribution is 6.09. The number of furan rings is 1. The topological polar surface area (TPSA) is 88.8 Å². The third-order valence-electron chi connectivity index (χ3n) is 4.92. The number of imide groups is 1. The van der Waals surface area contributed by atoms with Crippen molar-refractivity contribution in [1.82, 2.24) is 10.2 Å². The molecule has 7 heteroatoms. The van der Waals surface area contributed by atoms with Gasteiger partial charge in [0.25, 0.3) is 0 Å². The van der Waals surface area contributed by atoms with E-state index in [1.807, 2.05) is 6.92 Å². The van der Waals surface area contributed by atoms with Gasteiger partial charge in [-0.15, -0.1) is 0 Å². The molecule has 0 bridgehead atoms. The molecule has 0 saturated carbocycles. The van der Waals surface area contributed by atoms with Crippen LogP contribution in [0.1, 0.15) is 32.1 Å². The van der Waals surface area contributed by atoms with Gasteiger partial charge >= 0.3 is 5.97 Å². The van der Waals surface area contributed by atoms with Gasteiger partial charge in [0.1, 0.15) is 11.3 Å². The van der Waals surface area contributed by atoms with E-state index in [1.165, 1.54) is 13.3 Å². The summed E-state index contributed by atoms with van der Waals surface area (Å²) in [4.78, 5) is 38.9. The molecule has 2 amide bonds. The minimum Gasteiger partial charge on any atom is -0.468 e. The second-order valence-electron chi connectivity index (χ2n) is 5.92. The largest absolute Gasteiger partial charge is 0.468 e. The number of fused-ring (bicyclic) bond motifs is 1. The van der Waals surface area contributed by atoms with Crippen LogP contribution in [-0.2, 0) is 19.1 Å². The van der Waals surface area contributed by atoms with Crippen molar-refractivity contribution >= 4 is 17.8 Å². The highest BCUT2D eigenvalue weighted by Crippen LogP contribution is 2.50. The molecule has 2 aliphatic heterocycles. The Bertz CT molecular complexity index is 641. The Morgan fingerprint density at radius 1 is 1.39 bits per heavy atom. The van der Waals surface area contributed by atoms with Crippen LogP contribution < -0.4 is 5.32 Å². The van der Waals surface area contributed by atoms with Gasteiger partial charge in [-0.25, -0.2) is 0 Å². The van der Waals surface area contributed by atoms with Crippen LogP contribution in [0.25, 0.3) is 0 Å². The normalized spacial score (nSPS) is 33.2. The van der Waals surface area contributed by atoms with Gasteiger partial charge in [-0.1, -0.05) is 6.92 Å². The van der Waals surface area contributed by atoms with Crippen molar-refractivity contribution in [3.05, 3.63) is 24.2 Å². The number of nitrogens with one attached hydrogen (secondary N) is 1. The second-order valence-corrected chi connectivity index (χ2v) is 5.92. The van der Waals surface area contributed by atoms with Gasteiger partial charge in [0.15, 0.2) is 0 Å². The van der Waals surface area contributed by atoms with E-state index in [0.29, 0.717) is 12.2 Å². The summed E-state index contributed by atoms with van der Waals surface area (Å²) in [5, 5.41) is 3.19. The van der Waals surface area contributed by atoms with Crippen molar-refractivity contribution in [2.24, 2.45) is 11.8 Å². The summed E-state index contributed by atoms with van der Waals surface area (Å²) in [6.45, 7) is 3.73. The summed E-state index contributed by atoms with van der Waals surface area (Å²) in [7, 11) is 1.45. The fourth-order valence-electron chi connectivity index (χ4n) is 3.77. The molecule has 2 saturated heterocycles. The van der Waals surface area contributed by atoms with E-state index in [1.54, 1.807) is 19.1 Å². The minimum absolute atomic E-state index is 0.211. The van der Waals surface area contributed by atoms with Crippen molar-refractivity contribution in [2.45, 2.75) is 31.8 Å². The van der Waals surface area contributed by atoms with Gasteiger partial charge in [0.2, 0.25) is 11.8 Å². The highest BCUT2D eigenvalue weighted by atomic mass is 16.5. The zero-order valence-electron chi connectivity index (χ0n) is 13.4. The number of rotatable bonds is 4. The van der Waals surface area contributed by atoms with Gasteiger partial charge in [0, 0.05) is 7.05 Å². The summed E-state index contributed by atoms with van der Waals surface area (Å²) in [6.07, 6.45) is 1.85. The van der Waals surface area contributed by atoms with Gasteiger partial charge in [-0.05, 0) is 25.5 Å². The summed E-state index contributed by atoms with van der Waals surface area (Å²) in [5.41, 5.74) is -1.21. The molecule has 124 valence electrons. The zero-order chi connectivity index (χ0) is 16.8. The van der Waals surface area contributed by atoms with Crippen LogP contribution in [0, 0.1) is 11.8 Å². The van der Waals surface area contributed by atoms with Crippen LogP contribution in [0.5, 0.6) is 0 Å². The Morgan fingerprint density at radius 2 is 2.13 bits per heavy atom. The fraction of sp³-hybridized carbons (Fsp3) is 0.562. The minimum atomic E-state index is -1.21. The quantitative estimate of drug-likeness (QED) is 0.654. The van der Waals surface area contributed by atoms with Crippen molar-refractivity contribution in [2.75, 3.05) is 13.7 Å². The molecule has 0 spiro atoms. The predicted octanol–water partition coefficient (Wildman–Crippen LogP) is 0.867. The molecule has 4 atom stereocenters. The van der Waals surface area contributed by atoms with Gasteiger partial charge < -0.3 is 9.15 Å². The molecular formula is C16H20N2O5. The molecule has 2 fully saturated rings. The summed E-state index contributed by atoms with van der Waals surface area (Å²) in [6, 6.07) is 2.93. The number of amides is 2. The Balaban J connectivity index is 2.10. The van der Waals surface area contributed by atoms with E-state index in [0.717, 1.165) is 4.90 Å². The smallest absolute Gasteiger partial charge is 0.327 e. The molecule has 3 rings (SSSR count). The zero-order valence-corrected chi connectivity index (χ0v) is 13.4. The van der Waals surface area contributed by atoms with Crippen LogP contribution in [0.3, 0.4) is 0 Å². The SMILES string of the molecule is CCOC(=O)[C@@]1(CC)N[C@@H](c2ccco2)[C@H]2C(=O)N(C)C(=O)[C@H]21. The summed E-state index contributed by atoms with van der Waals surface area (Å²) in [5.74, 6) is -2.05. The molecule has 0 aromatic carbocycles. The van der Waals surface area contributed by atoms with E-state index in [2.05, 4.69) is 5.32 Å². The number of carbonyl (C=O) groups is 3. The summed E-state index contributed by atoms with van der Waals surface area (Å²) >= 11 is 0. The predicted molar refractivity (Wildman–Crippen MR) is 79.0 cm³/mol. The first kappa shape index (κ1) is 15.7. The van der Waals surface area contributed by atoms with Crippen molar-refractivity contribution < 1.29 is 23.5 Å². The monoisotopic (exact) mass is 320 g/mol. The summed E-state index contributed by atoms with van der Waals surface area (Å²) < 4.78 is 10.6. The van der Waals surface area contributed by atoms with Crippen molar-refractivity contribution in [1.29, 1.82) is 0 Å². The lowest BCUT2D eigenvalue weighted by molar-refractivity contribution is -0.156. The average molecular weight is 320 g/mol. The van der Waals surface area contributed by atoms with E-state index in [-0.39, 0.29) is 18.4 Å². The first-order valence-electron chi connectivity index (χ1n) is 7.77. The van der Waals surface area contributed by atoms with E-state index >= 15 is 0 Å². The van der Waals surface area contributed by atoms with E-state index in [4.69, 9.17) is 9.15 Å². The molecule has 0 aliphatic carbocycles. The lowest BCUT2D eigenvalue weighted by Gasteiger charge is -2.31. The molecule has 0 radical (unpaired) electrons. The number of hydrogen-bond donors (Lipinski definition) is 1. The van der Waals surface area contributed by atoms with Crippen molar-refractivity contribution in [3.8, 4) is 0 Å². The van der Waals surface area contributed by atoms with Crippen LogP contribution in [0.2, 0.25) is 0 Å². The Morgan fingerprint density at radius 3 is 2.70 bits per heavy atom. The van der Waals surface area contributed by atoms with E-state index < -0.39 is 29.4 Å². The molecule has 23 heavy (non-hydrogen) atoms.